The molecule has 7 nitrogen and oxygen atoms in total. The summed E-state index contributed by atoms with van der Waals surface area (Å²) in [5.74, 6) is 1.31. The quantitative estimate of drug-likeness (QED) is 0.270. The van der Waals surface area contributed by atoms with Crippen LogP contribution >= 0.6 is 0 Å². The Labute approximate surface area is 290 Å². The first kappa shape index (κ1) is 34.8. The van der Waals surface area contributed by atoms with Crippen molar-refractivity contribution in [2.24, 2.45) is 69.0 Å². The highest BCUT2D eigenvalue weighted by molar-refractivity contribution is 5.84. The van der Waals surface area contributed by atoms with Crippen LogP contribution in [-0.2, 0) is 19.1 Å². The molecule has 6 aliphatic carbocycles. The number of carboxylic acids is 1. The Balaban J connectivity index is 1.05. The molecular weight excluding hydrogens is 600 g/mol. The smallest absolute Gasteiger partial charge is 0.309 e. The molecule has 7 fully saturated rings. The number of rotatable bonds is 7. The van der Waals surface area contributed by atoms with E-state index in [9.17, 15) is 19.5 Å². The second-order valence-electron chi connectivity index (χ2n) is 19.7. The molecule has 270 valence electrons. The van der Waals surface area contributed by atoms with E-state index in [4.69, 9.17) is 4.74 Å². The molecule has 48 heavy (non-hydrogen) atoms. The second-order valence-corrected chi connectivity index (χ2v) is 19.7. The summed E-state index contributed by atoms with van der Waals surface area (Å²) in [5, 5.41) is 13.1. The van der Waals surface area contributed by atoms with Gasteiger partial charge in [0.1, 0.15) is 6.10 Å². The van der Waals surface area contributed by atoms with Crippen molar-refractivity contribution in [2.75, 3.05) is 19.6 Å². The van der Waals surface area contributed by atoms with E-state index in [0.29, 0.717) is 36.0 Å². The van der Waals surface area contributed by atoms with Gasteiger partial charge < -0.3 is 20.1 Å². The fourth-order valence-corrected chi connectivity index (χ4v) is 14.2. The molecular formula is C41H66N2O5. The van der Waals surface area contributed by atoms with Gasteiger partial charge >= 0.3 is 11.9 Å². The number of likely N-dealkylation sites (tertiary alicyclic amines) is 1. The van der Waals surface area contributed by atoms with Crippen molar-refractivity contribution in [1.82, 2.24) is 10.2 Å². The third kappa shape index (κ3) is 5.14. The zero-order valence-electron chi connectivity index (χ0n) is 31.2. The van der Waals surface area contributed by atoms with Gasteiger partial charge in [0.2, 0.25) is 5.91 Å². The Morgan fingerprint density at radius 2 is 1.56 bits per heavy atom. The highest BCUT2D eigenvalue weighted by atomic mass is 16.5. The predicted molar refractivity (Wildman–Crippen MR) is 187 cm³/mol. The third-order valence-electron chi connectivity index (χ3n) is 17.4. The van der Waals surface area contributed by atoms with Gasteiger partial charge in [-0.15, -0.1) is 0 Å². The molecule has 7 aliphatic rings. The van der Waals surface area contributed by atoms with Gasteiger partial charge in [-0.05, 0) is 162 Å². The molecule has 13 unspecified atom stereocenters. The molecule has 1 heterocycles. The Morgan fingerprint density at radius 3 is 2.25 bits per heavy atom. The maximum Gasteiger partial charge on any atom is 0.309 e. The van der Waals surface area contributed by atoms with Gasteiger partial charge in [-0.1, -0.05) is 41.0 Å². The zero-order chi connectivity index (χ0) is 34.4. The first-order valence-electron chi connectivity index (χ1n) is 20.0. The Bertz CT molecular complexity index is 1290. The fourth-order valence-electron chi connectivity index (χ4n) is 14.2. The Kier molecular flexibility index (Phi) is 8.68. The standard InChI is InChI=1S/C41H66N2O5/c1-25-28(34(44)45)23-29(25)35(46)48-32-15-17-40(7)33-13-12-27-30(38(33,5)19-20-39(40,6)26(32)2)14-18-41(16-10-11-31(27)41)36(47)42-37(3,4)24-43-21-8-9-22-43/h25-33H,8-24H2,1-7H3,(H,42,47)(H,44,45). The predicted octanol–water partition coefficient (Wildman–Crippen LogP) is 7.71. The van der Waals surface area contributed by atoms with Crippen LogP contribution in [0, 0.1) is 69.0 Å². The maximum atomic E-state index is 14.4. The second kappa shape index (κ2) is 12.0. The van der Waals surface area contributed by atoms with Crippen molar-refractivity contribution in [2.45, 2.75) is 150 Å². The van der Waals surface area contributed by atoms with Crippen molar-refractivity contribution in [3.8, 4) is 0 Å². The molecule has 0 aromatic heterocycles. The molecule has 2 N–H and O–H groups in total. The van der Waals surface area contributed by atoms with Crippen LogP contribution in [0.5, 0.6) is 0 Å². The van der Waals surface area contributed by atoms with E-state index in [1.165, 1.54) is 51.4 Å². The highest BCUT2D eigenvalue weighted by Crippen LogP contribution is 2.75. The van der Waals surface area contributed by atoms with Gasteiger partial charge in [-0.3, -0.25) is 14.4 Å². The number of fused-ring (bicyclic) bond motifs is 7. The van der Waals surface area contributed by atoms with Crippen LogP contribution < -0.4 is 5.32 Å². The number of nitrogens with one attached hydrogen (secondary N) is 1. The monoisotopic (exact) mass is 666 g/mol. The lowest BCUT2D eigenvalue weighted by Crippen LogP contribution is -2.66. The van der Waals surface area contributed by atoms with Gasteiger partial charge in [-0.25, -0.2) is 0 Å². The molecule has 1 amide bonds. The molecule has 13 atom stereocenters. The van der Waals surface area contributed by atoms with Crippen LogP contribution in [-0.4, -0.2) is 59.1 Å². The van der Waals surface area contributed by atoms with Crippen molar-refractivity contribution in [3.05, 3.63) is 0 Å². The minimum atomic E-state index is -0.794. The topological polar surface area (TPSA) is 95.9 Å². The van der Waals surface area contributed by atoms with Crippen LogP contribution in [0.1, 0.15) is 138 Å². The van der Waals surface area contributed by atoms with E-state index in [1.807, 2.05) is 6.92 Å². The van der Waals surface area contributed by atoms with E-state index >= 15 is 0 Å². The van der Waals surface area contributed by atoms with Gasteiger partial charge in [-0.2, -0.15) is 0 Å². The molecule has 6 saturated carbocycles. The molecule has 0 spiro atoms. The first-order valence-corrected chi connectivity index (χ1v) is 20.0. The third-order valence-corrected chi connectivity index (χ3v) is 17.4. The zero-order valence-corrected chi connectivity index (χ0v) is 31.2. The molecule has 7 heteroatoms. The Hall–Kier alpha value is -1.63. The normalized spacial score (nSPS) is 48.7. The summed E-state index contributed by atoms with van der Waals surface area (Å²) in [5.41, 5.74) is 0.181. The van der Waals surface area contributed by atoms with E-state index in [0.717, 1.165) is 51.7 Å². The summed E-state index contributed by atoms with van der Waals surface area (Å²) in [7, 11) is 0. The lowest BCUT2D eigenvalue weighted by Gasteiger charge is -2.71. The van der Waals surface area contributed by atoms with Gasteiger partial charge in [0, 0.05) is 12.1 Å². The number of carbonyl (C=O) groups excluding carboxylic acids is 2. The van der Waals surface area contributed by atoms with Crippen LogP contribution in [0.3, 0.4) is 0 Å². The fraction of sp³-hybridized carbons (Fsp3) is 0.927. The van der Waals surface area contributed by atoms with Crippen molar-refractivity contribution in [1.29, 1.82) is 0 Å². The van der Waals surface area contributed by atoms with Crippen LogP contribution in [0.15, 0.2) is 0 Å². The number of carbonyl (C=O) groups is 3. The maximum absolute atomic E-state index is 14.4. The lowest BCUT2D eigenvalue weighted by atomic mass is 9.34. The molecule has 1 saturated heterocycles. The lowest BCUT2D eigenvalue weighted by molar-refractivity contribution is -0.236. The summed E-state index contributed by atoms with van der Waals surface area (Å²) in [6.45, 7) is 19.7. The molecule has 1 aliphatic heterocycles. The molecule has 0 aromatic carbocycles. The van der Waals surface area contributed by atoms with Crippen LogP contribution in [0.4, 0.5) is 0 Å². The van der Waals surface area contributed by atoms with Gasteiger partial charge in [0.05, 0.1) is 17.3 Å². The highest BCUT2D eigenvalue weighted by Gasteiger charge is 2.69. The summed E-state index contributed by atoms with van der Waals surface area (Å²) in [6.07, 6.45) is 15.5. The summed E-state index contributed by atoms with van der Waals surface area (Å²) < 4.78 is 6.29. The minimum absolute atomic E-state index is 0.0886. The molecule has 0 aromatic rings. The van der Waals surface area contributed by atoms with E-state index < -0.39 is 11.9 Å². The number of ether oxygens (including phenoxy) is 1. The SMILES string of the molecule is CC1C(C(=O)O)CC1C(=O)OC1CCC2(C)C3CCC4C5CCCC5(C(=O)NC(C)(C)CN5CCCC5)CCC4C3(C)CCC2(C)C1C. The molecule has 7 rings (SSSR count). The number of hydrogen-bond donors (Lipinski definition) is 2. The van der Waals surface area contributed by atoms with Crippen LogP contribution in [0.2, 0.25) is 0 Å². The number of carboxylic acid groups (broad SMARTS) is 1. The van der Waals surface area contributed by atoms with E-state index in [2.05, 4.69) is 51.8 Å². The van der Waals surface area contributed by atoms with Crippen molar-refractivity contribution in [3.63, 3.8) is 0 Å². The molecule has 0 bridgehead atoms. The Morgan fingerprint density at radius 1 is 0.833 bits per heavy atom. The number of nitrogens with zero attached hydrogens (tertiary/aromatic N) is 1. The average molecular weight is 667 g/mol. The average Bonchev–Trinajstić information content (AvgIpc) is 3.69. The van der Waals surface area contributed by atoms with Crippen molar-refractivity contribution >= 4 is 17.8 Å². The number of esters is 1. The first-order chi connectivity index (χ1) is 22.6. The minimum Gasteiger partial charge on any atom is -0.481 e. The van der Waals surface area contributed by atoms with Crippen molar-refractivity contribution < 1.29 is 24.2 Å². The largest absolute Gasteiger partial charge is 0.481 e. The number of aliphatic carboxylic acids is 1. The number of amides is 1. The summed E-state index contributed by atoms with van der Waals surface area (Å²) >= 11 is 0. The van der Waals surface area contributed by atoms with Crippen LogP contribution in [0.25, 0.3) is 0 Å². The van der Waals surface area contributed by atoms with E-state index in [-0.39, 0.29) is 57.0 Å². The summed E-state index contributed by atoms with van der Waals surface area (Å²) in [4.78, 5) is 41.7. The van der Waals surface area contributed by atoms with Gasteiger partial charge in [0.25, 0.3) is 0 Å². The summed E-state index contributed by atoms with van der Waals surface area (Å²) in [6, 6.07) is 0. The van der Waals surface area contributed by atoms with E-state index in [1.54, 1.807) is 0 Å². The number of hydrogen-bond acceptors (Lipinski definition) is 5. The van der Waals surface area contributed by atoms with Gasteiger partial charge in [0.15, 0.2) is 0 Å². The molecule has 0 radical (unpaired) electrons.